The number of hydrogen-bond donors (Lipinski definition) is 1. The minimum Gasteiger partial charge on any atom is -0.489 e. The molecular formula is C24H32FN5O2. The van der Waals surface area contributed by atoms with Crippen molar-refractivity contribution in [3.63, 3.8) is 0 Å². The molecule has 0 aliphatic carbocycles. The number of hydrogen-bond acceptors (Lipinski definition) is 6. The van der Waals surface area contributed by atoms with E-state index in [1.165, 1.54) is 13.1 Å². The second-order valence-corrected chi connectivity index (χ2v) is 9.37. The van der Waals surface area contributed by atoms with E-state index in [2.05, 4.69) is 34.0 Å². The van der Waals surface area contributed by atoms with Crippen molar-refractivity contribution in [3.05, 3.63) is 41.8 Å². The first-order valence-corrected chi connectivity index (χ1v) is 11.3. The van der Waals surface area contributed by atoms with Gasteiger partial charge in [0.15, 0.2) is 11.6 Å². The molecule has 0 spiro atoms. The van der Waals surface area contributed by atoms with E-state index in [-0.39, 0.29) is 23.6 Å². The molecule has 3 heterocycles. The van der Waals surface area contributed by atoms with Crippen LogP contribution in [0.25, 0.3) is 0 Å². The predicted octanol–water partition coefficient (Wildman–Crippen LogP) is 3.85. The summed E-state index contributed by atoms with van der Waals surface area (Å²) in [4.78, 5) is 24.2. The summed E-state index contributed by atoms with van der Waals surface area (Å²) in [5.41, 5.74) is 0.996. The Morgan fingerprint density at radius 2 is 2.03 bits per heavy atom. The number of aromatic nitrogens is 2. The SMILES string of the molecule is CC(=O)N[C@@H](C)c1ccc(O[C@@H]2CCN(c3nc(N4CCCC4(C)C)ncc3F)C2)cc1. The van der Waals surface area contributed by atoms with Gasteiger partial charge < -0.3 is 19.9 Å². The van der Waals surface area contributed by atoms with Gasteiger partial charge in [0.1, 0.15) is 11.9 Å². The molecule has 2 atom stereocenters. The summed E-state index contributed by atoms with van der Waals surface area (Å²) < 4.78 is 20.8. The van der Waals surface area contributed by atoms with Crippen LogP contribution in [0.5, 0.6) is 5.75 Å². The summed E-state index contributed by atoms with van der Waals surface area (Å²) in [7, 11) is 0. The van der Waals surface area contributed by atoms with Crippen LogP contribution < -0.4 is 19.9 Å². The molecule has 32 heavy (non-hydrogen) atoms. The molecule has 0 unspecified atom stereocenters. The Balaban J connectivity index is 1.40. The summed E-state index contributed by atoms with van der Waals surface area (Å²) in [5.74, 6) is 1.25. The number of nitrogens with zero attached hydrogens (tertiary/aromatic N) is 4. The van der Waals surface area contributed by atoms with E-state index in [4.69, 9.17) is 4.74 Å². The van der Waals surface area contributed by atoms with Crippen LogP contribution in [0.1, 0.15) is 58.6 Å². The van der Waals surface area contributed by atoms with Crippen molar-refractivity contribution in [2.75, 3.05) is 29.4 Å². The third-order valence-electron chi connectivity index (χ3n) is 6.40. The van der Waals surface area contributed by atoms with Crippen molar-refractivity contribution in [2.45, 2.75) is 64.6 Å². The normalized spacial score (nSPS) is 21.0. The number of benzene rings is 1. The van der Waals surface area contributed by atoms with Gasteiger partial charge in [0.2, 0.25) is 11.9 Å². The molecule has 172 valence electrons. The van der Waals surface area contributed by atoms with Gasteiger partial charge in [0.25, 0.3) is 0 Å². The molecule has 1 amide bonds. The number of nitrogens with one attached hydrogen (secondary N) is 1. The van der Waals surface area contributed by atoms with Gasteiger partial charge in [0, 0.05) is 32.0 Å². The smallest absolute Gasteiger partial charge is 0.227 e. The highest BCUT2D eigenvalue weighted by Crippen LogP contribution is 2.33. The van der Waals surface area contributed by atoms with Crippen LogP contribution >= 0.6 is 0 Å². The second kappa shape index (κ2) is 8.92. The lowest BCUT2D eigenvalue weighted by atomic mass is 10.0. The Labute approximate surface area is 189 Å². The van der Waals surface area contributed by atoms with E-state index in [1.807, 2.05) is 36.1 Å². The van der Waals surface area contributed by atoms with E-state index in [0.29, 0.717) is 24.9 Å². The highest BCUT2D eigenvalue weighted by molar-refractivity contribution is 5.73. The monoisotopic (exact) mass is 441 g/mol. The topological polar surface area (TPSA) is 70.6 Å². The maximum absolute atomic E-state index is 14.6. The number of carbonyl (C=O) groups excluding carboxylic acids is 1. The molecule has 1 aromatic heterocycles. The minimum atomic E-state index is -0.400. The third kappa shape index (κ3) is 4.79. The standard InChI is InChI=1S/C24H32FN5O2/c1-16(27-17(2)31)18-6-8-19(9-7-18)32-20-10-13-29(15-20)22-21(25)14-26-23(28-22)30-12-5-11-24(30,3)4/h6-9,14,16,20H,5,10-13,15H2,1-4H3,(H,27,31)/t16-,20+/m0/s1. The second-order valence-electron chi connectivity index (χ2n) is 9.37. The van der Waals surface area contributed by atoms with Gasteiger partial charge in [-0.25, -0.2) is 9.37 Å². The first-order chi connectivity index (χ1) is 15.2. The molecular weight excluding hydrogens is 409 g/mol. The zero-order valence-corrected chi connectivity index (χ0v) is 19.3. The van der Waals surface area contributed by atoms with Crippen LogP contribution in [0.3, 0.4) is 0 Å². The zero-order valence-electron chi connectivity index (χ0n) is 19.3. The number of carbonyl (C=O) groups is 1. The van der Waals surface area contributed by atoms with Gasteiger partial charge in [0.05, 0.1) is 18.8 Å². The number of rotatable bonds is 6. The first-order valence-electron chi connectivity index (χ1n) is 11.3. The van der Waals surface area contributed by atoms with Crippen molar-refractivity contribution in [1.29, 1.82) is 0 Å². The fraction of sp³-hybridized carbons (Fsp3) is 0.542. The predicted molar refractivity (Wildman–Crippen MR) is 123 cm³/mol. The molecule has 8 heteroatoms. The van der Waals surface area contributed by atoms with E-state index >= 15 is 0 Å². The van der Waals surface area contributed by atoms with Gasteiger partial charge in [-0.05, 0) is 51.3 Å². The van der Waals surface area contributed by atoms with Gasteiger partial charge in [-0.15, -0.1) is 0 Å². The lowest BCUT2D eigenvalue weighted by Crippen LogP contribution is -2.39. The Hall–Kier alpha value is -2.90. The quantitative estimate of drug-likeness (QED) is 0.734. The molecule has 2 fully saturated rings. The van der Waals surface area contributed by atoms with Crippen LogP contribution in [0.2, 0.25) is 0 Å². The highest BCUT2D eigenvalue weighted by atomic mass is 19.1. The molecule has 0 saturated carbocycles. The van der Waals surface area contributed by atoms with Crippen LogP contribution in [0, 0.1) is 5.82 Å². The van der Waals surface area contributed by atoms with Crippen molar-refractivity contribution in [2.24, 2.45) is 0 Å². The molecule has 1 aromatic carbocycles. The highest BCUT2D eigenvalue weighted by Gasteiger charge is 2.35. The van der Waals surface area contributed by atoms with Gasteiger partial charge in [-0.2, -0.15) is 4.98 Å². The Morgan fingerprint density at radius 1 is 1.28 bits per heavy atom. The Morgan fingerprint density at radius 3 is 2.69 bits per heavy atom. The van der Waals surface area contributed by atoms with E-state index in [9.17, 15) is 9.18 Å². The molecule has 7 nitrogen and oxygen atoms in total. The first kappa shape index (κ1) is 22.3. The average Bonchev–Trinajstić information content (AvgIpc) is 3.34. The molecule has 0 bridgehead atoms. The summed E-state index contributed by atoms with van der Waals surface area (Å²) in [6.45, 7) is 9.94. The fourth-order valence-electron chi connectivity index (χ4n) is 4.61. The molecule has 2 aliphatic rings. The largest absolute Gasteiger partial charge is 0.489 e. The molecule has 0 radical (unpaired) electrons. The van der Waals surface area contributed by atoms with Crippen molar-refractivity contribution >= 4 is 17.7 Å². The number of halogens is 1. The molecule has 1 N–H and O–H groups in total. The fourth-order valence-corrected chi connectivity index (χ4v) is 4.61. The van der Waals surface area contributed by atoms with Crippen LogP contribution in [-0.4, -0.2) is 47.2 Å². The zero-order chi connectivity index (χ0) is 22.9. The number of anilines is 2. The summed E-state index contributed by atoms with van der Waals surface area (Å²) in [6.07, 6.45) is 4.19. The summed E-state index contributed by atoms with van der Waals surface area (Å²) >= 11 is 0. The molecule has 4 rings (SSSR count). The van der Waals surface area contributed by atoms with Gasteiger partial charge >= 0.3 is 0 Å². The van der Waals surface area contributed by atoms with Crippen molar-refractivity contribution in [1.82, 2.24) is 15.3 Å². The van der Waals surface area contributed by atoms with Crippen molar-refractivity contribution < 1.29 is 13.9 Å². The Bertz CT molecular complexity index is 965. The van der Waals surface area contributed by atoms with Crippen molar-refractivity contribution in [3.8, 4) is 5.75 Å². The van der Waals surface area contributed by atoms with Crippen LogP contribution in [-0.2, 0) is 4.79 Å². The van der Waals surface area contributed by atoms with E-state index < -0.39 is 5.82 Å². The molecule has 2 saturated heterocycles. The number of amides is 1. The van der Waals surface area contributed by atoms with E-state index in [0.717, 1.165) is 37.1 Å². The van der Waals surface area contributed by atoms with Gasteiger partial charge in [-0.3, -0.25) is 4.79 Å². The maximum atomic E-state index is 14.6. The molecule has 2 aliphatic heterocycles. The van der Waals surface area contributed by atoms with E-state index in [1.54, 1.807) is 0 Å². The minimum absolute atomic E-state index is 0.0185. The Kier molecular flexibility index (Phi) is 6.22. The lowest BCUT2D eigenvalue weighted by Gasteiger charge is -2.32. The van der Waals surface area contributed by atoms with Gasteiger partial charge in [-0.1, -0.05) is 12.1 Å². The lowest BCUT2D eigenvalue weighted by molar-refractivity contribution is -0.119. The summed E-state index contributed by atoms with van der Waals surface area (Å²) in [6, 6.07) is 7.68. The average molecular weight is 442 g/mol. The van der Waals surface area contributed by atoms with Crippen LogP contribution in [0.15, 0.2) is 30.5 Å². The molecule has 2 aromatic rings. The third-order valence-corrected chi connectivity index (χ3v) is 6.40. The maximum Gasteiger partial charge on any atom is 0.227 e. The van der Waals surface area contributed by atoms with Crippen LogP contribution in [0.4, 0.5) is 16.2 Å². The number of ether oxygens (including phenoxy) is 1. The summed E-state index contributed by atoms with van der Waals surface area (Å²) in [5, 5.41) is 2.87.